The summed E-state index contributed by atoms with van der Waals surface area (Å²) in [6.07, 6.45) is 1.92. The van der Waals surface area contributed by atoms with Crippen LogP contribution in [0.15, 0.2) is 59.0 Å². The molecule has 7 heteroatoms. The lowest BCUT2D eigenvalue weighted by Crippen LogP contribution is -2.33. The summed E-state index contributed by atoms with van der Waals surface area (Å²) in [4.78, 5) is 31.9. The Bertz CT molecular complexity index is 1360. The van der Waals surface area contributed by atoms with Crippen molar-refractivity contribution < 1.29 is 9.53 Å². The molecule has 0 fully saturated rings. The fourth-order valence-corrected chi connectivity index (χ4v) is 4.85. The van der Waals surface area contributed by atoms with Crippen molar-refractivity contribution in [2.75, 3.05) is 12.4 Å². The van der Waals surface area contributed by atoms with Gasteiger partial charge in [0.2, 0.25) is 5.91 Å². The number of nitrogens with one attached hydrogen (secondary N) is 1. The van der Waals surface area contributed by atoms with Crippen LogP contribution in [0.2, 0.25) is 0 Å². The second-order valence-electron chi connectivity index (χ2n) is 7.72. The van der Waals surface area contributed by atoms with Crippen molar-refractivity contribution in [3.05, 3.63) is 75.7 Å². The minimum Gasteiger partial charge on any atom is -0.495 e. The SMILES string of the molecule is CCC(C(=O)Nc1ccccc1OC)n1cnc2scc(-c3ccc(C)cc3C)c2c1=O. The van der Waals surface area contributed by atoms with Gasteiger partial charge < -0.3 is 10.1 Å². The topological polar surface area (TPSA) is 73.2 Å². The van der Waals surface area contributed by atoms with Gasteiger partial charge in [0.25, 0.3) is 5.56 Å². The molecule has 1 atom stereocenters. The Morgan fingerprint density at radius 2 is 1.97 bits per heavy atom. The minimum atomic E-state index is -0.698. The standard InChI is InChI=1S/C25H25N3O3S/c1-5-20(23(29)27-19-8-6-7-9-21(19)31-4)28-14-26-24-22(25(28)30)18(13-32-24)17-11-10-15(2)12-16(17)3/h6-14,20H,5H2,1-4H3,(H,27,29). The van der Waals surface area contributed by atoms with Crippen molar-refractivity contribution in [1.29, 1.82) is 0 Å². The first kappa shape index (κ1) is 21.8. The molecule has 1 unspecified atom stereocenters. The lowest BCUT2D eigenvalue weighted by molar-refractivity contribution is -0.119. The van der Waals surface area contributed by atoms with E-state index >= 15 is 0 Å². The first-order valence-corrected chi connectivity index (χ1v) is 11.3. The van der Waals surface area contributed by atoms with E-state index in [0.29, 0.717) is 28.1 Å². The van der Waals surface area contributed by atoms with Gasteiger partial charge in [-0.2, -0.15) is 0 Å². The van der Waals surface area contributed by atoms with Gasteiger partial charge in [-0.3, -0.25) is 14.2 Å². The number of thiophene rings is 1. The highest BCUT2D eigenvalue weighted by molar-refractivity contribution is 7.17. The summed E-state index contributed by atoms with van der Waals surface area (Å²) in [6.45, 7) is 5.96. The highest BCUT2D eigenvalue weighted by atomic mass is 32.1. The molecule has 0 aliphatic heterocycles. The smallest absolute Gasteiger partial charge is 0.263 e. The molecule has 0 radical (unpaired) electrons. The number of nitrogens with zero attached hydrogens (tertiary/aromatic N) is 2. The number of ether oxygens (including phenoxy) is 1. The number of aryl methyl sites for hydroxylation is 2. The van der Waals surface area contributed by atoms with Crippen molar-refractivity contribution in [2.24, 2.45) is 0 Å². The number of anilines is 1. The van der Waals surface area contributed by atoms with Crippen LogP contribution in [0.4, 0.5) is 5.69 Å². The Morgan fingerprint density at radius 3 is 2.69 bits per heavy atom. The number of methoxy groups -OCH3 is 1. The molecule has 0 saturated heterocycles. The number of hydrogen-bond acceptors (Lipinski definition) is 5. The van der Waals surface area contributed by atoms with E-state index in [4.69, 9.17) is 4.74 Å². The number of carbonyl (C=O) groups is 1. The zero-order chi connectivity index (χ0) is 22.8. The molecule has 0 aliphatic rings. The molecular formula is C25H25N3O3S. The lowest BCUT2D eigenvalue weighted by atomic mass is 9.99. The largest absolute Gasteiger partial charge is 0.495 e. The number of benzene rings is 2. The van der Waals surface area contributed by atoms with Crippen LogP contribution >= 0.6 is 11.3 Å². The monoisotopic (exact) mass is 447 g/mol. The highest BCUT2D eigenvalue weighted by Gasteiger charge is 2.24. The third-order valence-corrected chi connectivity index (χ3v) is 6.47. The zero-order valence-electron chi connectivity index (χ0n) is 18.5. The Morgan fingerprint density at radius 1 is 1.19 bits per heavy atom. The molecule has 0 spiro atoms. The molecule has 32 heavy (non-hydrogen) atoms. The lowest BCUT2D eigenvalue weighted by Gasteiger charge is -2.19. The fourth-order valence-electron chi connectivity index (χ4n) is 3.95. The number of hydrogen-bond donors (Lipinski definition) is 1. The van der Waals surface area contributed by atoms with Gasteiger partial charge in [-0.1, -0.05) is 42.8 Å². The second-order valence-corrected chi connectivity index (χ2v) is 8.58. The van der Waals surface area contributed by atoms with E-state index < -0.39 is 6.04 Å². The quantitative estimate of drug-likeness (QED) is 0.433. The van der Waals surface area contributed by atoms with E-state index in [-0.39, 0.29) is 11.5 Å². The predicted molar refractivity (Wildman–Crippen MR) is 130 cm³/mol. The third-order valence-electron chi connectivity index (χ3n) is 5.58. The number of rotatable bonds is 6. The zero-order valence-corrected chi connectivity index (χ0v) is 19.3. The Kier molecular flexibility index (Phi) is 6.10. The highest BCUT2D eigenvalue weighted by Crippen LogP contribution is 2.33. The normalized spacial score (nSPS) is 12.0. The molecule has 1 amide bonds. The summed E-state index contributed by atoms with van der Waals surface area (Å²) in [5.41, 5.74) is 4.47. The van der Waals surface area contributed by atoms with Crippen LogP contribution in [-0.2, 0) is 4.79 Å². The Balaban J connectivity index is 1.77. The summed E-state index contributed by atoms with van der Waals surface area (Å²) in [6, 6.07) is 12.7. The van der Waals surface area contributed by atoms with Crippen molar-refractivity contribution in [3.8, 4) is 16.9 Å². The van der Waals surface area contributed by atoms with Gasteiger partial charge >= 0.3 is 0 Å². The molecule has 2 heterocycles. The average Bonchev–Trinajstić information content (AvgIpc) is 3.21. The maximum absolute atomic E-state index is 13.6. The van der Waals surface area contributed by atoms with Crippen molar-refractivity contribution in [1.82, 2.24) is 9.55 Å². The maximum Gasteiger partial charge on any atom is 0.263 e. The average molecular weight is 448 g/mol. The molecule has 164 valence electrons. The Hall–Kier alpha value is -3.45. The van der Waals surface area contributed by atoms with E-state index in [0.717, 1.165) is 16.7 Å². The summed E-state index contributed by atoms with van der Waals surface area (Å²) in [5.74, 6) is 0.273. The van der Waals surface area contributed by atoms with Crippen molar-refractivity contribution >= 4 is 33.1 Å². The van der Waals surface area contributed by atoms with Gasteiger partial charge in [-0.25, -0.2) is 4.98 Å². The maximum atomic E-state index is 13.6. The van der Waals surface area contributed by atoms with Crippen LogP contribution < -0.4 is 15.6 Å². The molecule has 6 nitrogen and oxygen atoms in total. The molecule has 0 saturated carbocycles. The number of para-hydroxylation sites is 2. The number of fused-ring (bicyclic) bond motifs is 1. The van der Waals surface area contributed by atoms with Gasteiger partial charge in [0.1, 0.15) is 16.6 Å². The first-order chi connectivity index (χ1) is 15.4. The van der Waals surface area contributed by atoms with Crippen LogP contribution in [-0.4, -0.2) is 22.6 Å². The van der Waals surface area contributed by atoms with Crippen molar-refractivity contribution in [2.45, 2.75) is 33.2 Å². The summed E-state index contributed by atoms with van der Waals surface area (Å²) >= 11 is 1.44. The van der Waals surface area contributed by atoms with Gasteiger partial charge in [-0.05, 0) is 43.5 Å². The van der Waals surface area contributed by atoms with E-state index in [9.17, 15) is 9.59 Å². The second kappa shape index (κ2) is 8.96. The molecule has 1 N–H and O–H groups in total. The van der Waals surface area contributed by atoms with Gasteiger partial charge in [0.15, 0.2) is 0 Å². The molecule has 0 bridgehead atoms. The van der Waals surface area contributed by atoms with Gasteiger partial charge in [-0.15, -0.1) is 11.3 Å². The van der Waals surface area contributed by atoms with E-state index in [1.165, 1.54) is 27.8 Å². The number of carbonyl (C=O) groups excluding carboxylic acids is 1. The molecule has 2 aromatic carbocycles. The molecule has 4 aromatic rings. The summed E-state index contributed by atoms with van der Waals surface area (Å²) in [5, 5.41) is 5.41. The fraction of sp³-hybridized carbons (Fsp3) is 0.240. The van der Waals surface area contributed by atoms with Crippen LogP contribution in [0.5, 0.6) is 5.75 Å². The van der Waals surface area contributed by atoms with Crippen LogP contribution in [0.25, 0.3) is 21.3 Å². The van der Waals surface area contributed by atoms with Gasteiger partial charge in [0.05, 0.1) is 24.5 Å². The minimum absolute atomic E-state index is 0.215. The summed E-state index contributed by atoms with van der Waals surface area (Å²) < 4.78 is 6.76. The van der Waals surface area contributed by atoms with Gasteiger partial charge in [0, 0.05) is 10.9 Å². The first-order valence-electron chi connectivity index (χ1n) is 10.4. The molecule has 4 rings (SSSR count). The molecule has 2 aromatic heterocycles. The van der Waals surface area contributed by atoms with Crippen LogP contribution in [0.1, 0.15) is 30.5 Å². The number of aromatic nitrogens is 2. The van der Waals surface area contributed by atoms with Crippen LogP contribution in [0.3, 0.4) is 0 Å². The van der Waals surface area contributed by atoms with Crippen LogP contribution in [0, 0.1) is 13.8 Å². The van der Waals surface area contributed by atoms with Crippen molar-refractivity contribution in [3.63, 3.8) is 0 Å². The predicted octanol–water partition coefficient (Wildman–Crippen LogP) is 5.34. The van der Waals surface area contributed by atoms with E-state index in [2.05, 4.69) is 16.4 Å². The van der Waals surface area contributed by atoms with E-state index in [1.807, 2.05) is 50.4 Å². The Labute approximate surface area is 190 Å². The number of amides is 1. The molecule has 0 aliphatic carbocycles. The van der Waals surface area contributed by atoms with E-state index in [1.54, 1.807) is 19.2 Å². The third kappa shape index (κ3) is 3.91. The molecular weight excluding hydrogens is 422 g/mol. The summed E-state index contributed by atoms with van der Waals surface area (Å²) in [7, 11) is 1.55.